The van der Waals surface area contributed by atoms with E-state index in [2.05, 4.69) is 10.5 Å². The Balaban J connectivity index is 1.44. The van der Waals surface area contributed by atoms with Gasteiger partial charge in [0.15, 0.2) is 6.61 Å². The second-order valence-corrected chi connectivity index (χ2v) is 7.08. The van der Waals surface area contributed by atoms with Crippen molar-refractivity contribution in [1.82, 2.24) is 5.43 Å². The fourth-order valence-electron chi connectivity index (χ4n) is 3.48. The number of carbonyl (C=O) groups is 1. The van der Waals surface area contributed by atoms with Gasteiger partial charge in [-0.25, -0.2) is 5.43 Å². The van der Waals surface area contributed by atoms with E-state index in [1.165, 1.54) is 0 Å². The van der Waals surface area contributed by atoms with E-state index in [9.17, 15) is 4.79 Å². The molecule has 160 valence electrons. The number of fused-ring (bicyclic) bond motifs is 1. The van der Waals surface area contributed by atoms with Crippen LogP contribution in [0.1, 0.15) is 12.5 Å². The average molecular weight is 425 g/mol. The molecule has 32 heavy (non-hydrogen) atoms. The van der Waals surface area contributed by atoms with E-state index in [-0.39, 0.29) is 12.5 Å². The molecule has 0 aromatic heterocycles. The van der Waals surface area contributed by atoms with Crippen molar-refractivity contribution in [2.75, 3.05) is 13.2 Å². The molecule has 4 rings (SSSR count). The summed E-state index contributed by atoms with van der Waals surface area (Å²) in [6, 6.07) is 29.5. The molecule has 0 unspecified atom stereocenters. The second kappa shape index (κ2) is 10.3. The number of hydrogen-bond acceptors (Lipinski definition) is 4. The number of rotatable bonds is 8. The van der Waals surface area contributed by atoms with Crippen LogP contribution in [-0.4, -0.2) is 25.3 Å². The molecule has 1 amide bonds. The van der Waals surface area contributed by atoms with Crippen LogP contribution >= 0.6 is 0 Å². The first-order chi connectivity index (χ1) is 15.8. The van der Waals surface area contributed by atoms with Crippen LogP contribution in [-0.2, 0) is 4.79 Å². The van der Waals surface area contributed by atoms with Crippen molar-refractivity contribution in [3.05, 3.63) is 96.6 Å². The molecule has 0 atom stereocenters. The van der Waals surface area contributed by atoms with Crippen molar-refractivity contribution in [2.45, 2.75) is 6.92 Å². The standard InChI is InChI=1S/C27H24N2O3/c1-2-31-26-17-16-21-12-6-7-13-22(21)24(26)18-28-29-27(30)19-32-25-15-9-8-14-23(25)20-10-4-3-5-11-20/h3-18H,2,19H2,1H3,(H,29,30)/b28-18+. The van der Waals surface area contributed by atoms with E-state index in [4.69, 9.17) is 9.47 Å². The lowest BCUT2D eigenvalue weighted by atomic mass is 10.0. The number of amides is 1. The summed E-state index contributed by atoms with van der Waals surface area (Å²) in [5.74, 6) is 1.02. The highest BCUT2D eigenvalue weighted by molar-refractivity contribution is 6.02. The molecule has 1 N–H and O–H groups in total. The summed E-state index contributed by atoms with van der Waals surface area (Å²) < 4.78 is 11.5. The van der Waals surface area contributed by atoms with Gasteiger partial charge >= 0.3 is 0 Å². The maximum absolute atomic E-state index is 12.3. The number of carbonyl (C=O) groups excluding carboxylic acids is 1. The quantitative estimate of drug-likeness (QED) is 0.303. The van der Waals surface area contributed by atoms with Gasteiger partial charge < -0.3 is 9.47 Å². The van der Waals surface area contributed by atoms with Crippen LogP contribution in [0.5, 0.6) is 11.5 Å². The Morgan fingerprint density at radius 3 is 2.44 bits per heavy atom. The maximum Gasteiger partial charge on any atom is 0.277 e. The molecule has 0 aliphatic rings. The van der Waals surface area contributed by atoms with Crippen molar-refractivity contribution in [3.8, 4) is 22.6 Å². The maximum atomic E-state index is 12.3. The van der Waals surface area contributed by atoms with Gasteiger partial charge in [-0.2, -0.15) is 5.10 Å². The molecule has 0 fully saturated rings. The molecular weight excluding hydrogens is 400 g/mol. The number of hydrazone groups is 1. The van der Waals surface area contributed by atoms with Gasteiger partial charge in [0.2, 0.25) is 0 Å². The van der Waals surface area contributed by atoms with Crippen LogP contribution < -0.4 is 14.9 Å². The zero-order chi connectivity index (χ0) is 22.2. The van der Waals surface area contributed by atoms with Gasteiger partial charge in [0, 0.05) is 11.1 Å². The minimum atomic E-state index is -0.345. The van der Waals surface area contributed by atoms with Gasteiger partial charge in [-0.3, -0.25) is 4.79 Å². The van der Waals surface area contributed by atoms with Crippen LogP contribution in [0.2, 0.25) is 0 Å². The van der Waals surface area contributed by atoms with Crippen LogP contribution in [0.25, 0.3) is 21.9 Å². The molecule has 0 bridgehead atoms. The largest absolute Gasteiger partial charge is 0.493 e. The van der Waals surface area contributed by atoms with Crippen LogP contribution in [0.15, 0.2) is 96.1 Å². The van der Waals surface area contributed by atoms with E-state index in [0.717, 1.165) is 33.2 Å². The van der Waals surface area contributed by atoms with E-state index in [1.54, 1.807) is 6.21 Å². The molecular formula is C27H24N2O3. The van der Waals surface area contributed by atoms with Crippen LogP contribution in [0.4, 0.5) is 0 Å². The number of nitrogens with zero attached hydrogens (tertiary/aromatic N) is 1. The number of hydrogen-bond donors (Lipinski definition) is 1. The molecule has 0 spiro atoms. The first-order valence-corrected chi connectivity index (χ1v) is 10.5. The summed E-state index contributed by atoms with van der Waals surface area (Å²) in [5.41, 5.74) is 5.33. The van der Waals surface area contributed by atoms with Crippen molar-refractivity contribution in [1.29, 1.82) is 0 Å². The lowest BCUT2D eigenvalue weighted by Gasteiger charge is -2.11. The second-order valence-electron chi connectivity index (χ2n) is 7.08. The molecule has 4 aromatic carbocycles. The monoisotopic (exact) mass is 424 g/mol. The number of benzene rings is 4. The van der Waals surface area contributed by atoms with Crippen LogP contribution in [0, 0.1) is 0 Å². The van der Waals surface area contributed by atoms with Crippen molar-refractivity contribution < 1.29 is 14.3 Å². The normalized spacial score (nSPS) is 10.9. The summed E-state index contributed by atoms with van der Waals surface area (Å²) in [6.07, 6.45) is 1.61. The number of para-hydroxylation sites is 1. The molecule has 0 heterocycles. The summed E-state index contributed by atoms with van der Waals surface area (Å²) in [4.78, 5) is 12.3. The Kier molecular flexibility index (Phi) is 6.78. The summed E-state index contributed by atoms with van der Waals surface area (Å²) >= 11 is 0. The smallest absolute Gasteiger partial charge is 0.277 e. The van der Waals surface area contributed by atoms with E-state index >= 15 is 0 Å². The summed E-state index contributed by atoms with van der Waals surface area (Å²) in [7, 11) is 0. The van der Waals surface area contributed by atoms with Gasteiger partial charge in [0.25, 0.3) is 5.91 Å². The minimum Gasteiger partial charge on any atom is -0.493 e. The Morgan fingerprint density at radius 1 is 0.844 bits per heavy atom. The summed E-state index contributed by atoms with van der Waals surface area (Å²) in [6.45, 7) is 2.33. The summed E-state index contributed by atoms with van der Waals surface area (Å²) in [5, 5.41) is 6.22. The Hall–Kier alpha value is -4.12. The molecule has 0 saturated heterocycles. The minimum absolute atomic E-state index is 0.144. The topological polar surface area (TPSA) is 59.9 Å². The van der Waals surface area contributed by atoms with E-state index in [0.29, 0.717) is 12.4 Å². The third-order valence-electron chi connectivity index (χ3n) is 4.94. The lowest BCUT2D eigenvalue weighted by molar-refractivity contribution is -0.123. The lowest BCUT2D eigenvalue weighted by Crippen LogP contribution is -2.24. The first-order valence-electron chi connectivity index (χ1n) is 10.5. The third kappa shape index (κ3) is 4.95. The van der Waals surface area contributed by atoms with Gasteiger partial charge in [-0.05, 0) is 35.4 Å². The SMILES string of the molecule is CCOc1ccc2ccccc2c1/C=N/NC(=O)COc1ccccc1-c1ccccc1. The molecule has 0 radical (unpaired) electrons. The fraction of sp³-hybridized carbons (Fsp3) is 0.111. The highest BCUT2D eigenvalue weighted by Crippen LogP contribution is 2.29. The average Bonchev–Trinajstić information content (AvgIpc) is 2.84. The molecule has 5 nitrogen and oxygen atoms in total. The van der Waals surface area contributed by atoms with Crippen LogP contribution in [0.3, 0.4) is 0 Å². The van der Waals surface area contributed by atoms with Crippen molar-refractivity contribution >= 4 is 22.9 Å². The first kappa shape index (κ1) is 21.1. The van der Waals surface area contributed by atoms with Gasteiger partial charge in [-0.15, -0.1) is 0 Å². The molecule has 0 saturated carbocycles. The predicted molar refractivity (Wildman–Crippen MR) is 128 cm³/mol. The molecule has 0 aliphatic heterocycles. The molecule has 0 aliphatic carbocycles. The van der Waals surface area contributed by atoms with Gasteiger partial charge in [-0.1, -0.05) is 78.9 Å². The predicted octanol–water partition coefficient (Wildman–Crippen LogP) is 5.43. The molecule has 5 heteroatoms. The Labute approximate surface area is 187 Å². The van der Waals surface area contributed by atoms with E-state index in [1.807, 2.05) is 97.9 Å². The third-order valence-corrected chi connectivity index (χ3v) is 4.94. The molecule has 4 aromatic rings. The fourth-order valence-corrected chi connectivity index (χ4v) is 3.48. The highest BCUT2D eigenvalue weighted by atomic mass is 16.5. The van der Waals surface area contributed by atoms with E-state index < -0.39 is 0 Å². The van der Waals surface area contributed by atoms with Gasteiger partial charge in [0.1, 0.15) is 11.5 Å². The highest BCUT2D eigenvalue weighted by Gasteiger charge is 2.09. The number of nitrogens with one attached hydrogen (secondary N) is 1. The number of ether oxygens (including phenoxy) is 2. The zero-order valence-electron chi connectivity index (χ0n) is 17.8. The zero-order valence-corrected chi connectivity index (χ0v) is 17.8. The van der Waals surface area contributed by atoms with Crippen molar-refractivity contribution in [2.24, 2.45) is 5.10 Å². The van der Waals surface area contributed by atoms with Gasteiger partial charge in [0.05, 0.1) is 12.8 Å². The Bertz CT molecular complexity index is 1240. The van der Waals surface area contributed by atoms with Crippen molar-refractivity contribution in [3.63, 3.8) is 0 Å². The Morgan fingerprint density at radius 2 is 1.59 bits per heavy atom.